The molecule has 2 aliphatic rings. The maximum Gasteiger partial charge on any atom is 0.280 e. The highest BCUT2D eigenvalue weighted by Gasteiger charge is 2.30. The molecule has 1 aromatic heterocycles. The van der Waals surface area contributed by atoms with E-state index in [1.165, 1.54) is 5.01 Å². The van der Waals surface area contributed by atoms with Crippen LogP contribution in [0.2, 0.25) is 0 Å². The van der Waals surface area contributed by atoms with Crippen LogP contribution in [-0.2, 0) is 14.8 Å². The van der Waals surface area contributed by atoms with E-state index in [4.69, 9.17) is 5.10 Å². The Kier molecular flexibility index (Phi) is 7.15. The molecule has 0 aliphatic carbocycles. The van der Waals surface area contributed by atoms with Crippen LogP contribution >= 0.6 is 0 Å². The molecule has 6 rings (SSSR count). The van der Waals surface area contributed by atoms with Crippen LogP contribution in [0, 0.1) is 5.92 Å². The van der Waals surface area contributed by atoms with Crippen molar-refractivity contribution in [3.05, 3.63) is 102 Å². The third-order valence-electron chi connectivity index (χ3n) is 7.61. The lowest BCUT2D eigenvalue weighted by atomic mass is 10.0. The van der Waals surface area contributed by atoms with Gasteiger partial charge in [0.25, 0.3) is 5.91 Å². The first-order chi connectivity index (χ1) is 19.8. The van der Waals surface area contributed by atoms with Gasteiger partial charge in [0.15, 0.2) is 0 Å². The van der Waals surface area contributed by atoms with E-state index >= 15 is 0 Å². The van der Waals surface area contributed by atoms with Crippen LogP contribution in [0.5, 0.6) is 0 Å². The highest BCUT2D eigenvalue weighted by molar-refractivity contribution is 7.89. The van der Waals surface area contributed by atoms with Crippen molar-refractivity contribution in [3.8, 4) is 16.9 Å². The van der Waals surface area contributed by atoms with E-state index in [0.717, 1.165) is 18.5 Å². The lowest BCUT2D eigenvalue weighted by Gasteiger charge is -2.29. The average molecular weight is 566 g/mol. The van der Waals surface area contributed by atoms with Crippen LogP contribution in [0.25, 0.3) is 23.0 Å². The van der Waals surface area contributed by atoms with Gasteiger partial charge in [0.1, 0.15) is 5.69 Å². The van der Waals surface area contributed by atoms with Gasteiger partial charge >= 0.3 is 0 Å². The molecule has 0 unspecified atom stereocenters. The van der Waals surface area contributed by atoms with Crippen LogP contribution in [0.3, 0.4) is 0 Å². The van der Waals surface area contributed by atoms with Gasteiger partial charge in [0, 0.05) is 30.4 Å². The number of aromatic nitrogens is 2. The van der Waals surface area contributed by atoms with Crippen molar-refractivity contribution < 1.29 is 13.2 Å². The molecule has 9 heteroatoms. The molecule has 2 aliphatic heterocycles. The third-order valence-corrected chi connectivity index (χ3v) is 9.51. The van der Waals surface area contributed by atoms with Crippen molar-refractivity contribution in [1.29, 1.82) is 0 Å². The Labute approximate surface area is 240 Å². The Bertz CT molecular complexity index is 1750. The monoisotopic (exact) mass is 565 g/mol. The normalized spacial score (nSPS) is 17.8. The minimum atomic E-state index is -3.65. The number of hydrogen-bond acceptors (Lipinski definition) is 5. The van der Waals surface area contributed by atoms with Gasteiger partial charge in [-0.2, -0.15) is 19.5 Å². The zero-order chi connectivity index (χ0) is 28.6. The molecule has 0 bridgehead atoms. The van der Waals surface area contributed by atoms with Gasteiger partial charge in [-0.1, -0.05) is 55.5 Å². The standard InChI is InChI=1S/C32H31N5O3S/c1-23-16-18-35(19-17-23)41(39,40)29-15-9-10-25(20-29)31-26(22-36(34-31)27-11-5-3-6-12-27)21-30-24(2)33-37(32(30)38)28-13-7-4-8-14-28/h3-15,20-23H,16-19H2,1-2H3. The molecule has 208 valence electrons. The van der Waals surface area contributed by atoms with Crippen LogP contribution in [0.15, 0.2) is 107 Å². The fourth-order valence-corrected chi connectivity index (χ4v) is 6.71. The van der Waals surface area contributed by atoms with E-state index in [9.17, 15) is 13.2 Å². The van der Waals surface area contributed by atoms with E-state index in [-0.39, 0.29) is 10.8 Å². The summed E-state index contributed by atoms with van der Waals surface area (Å²) in [7, 11) is -3.65. The highest BCUT2D eigenvalue weighted by atomic mass is 32.2. The van der Waals surface area contributed by atoms with Crippen molar-refractivity contribution >= 4 is 33.4 Å². The number of benzene rings is 3. The second-order valence-electron chi connectivity index (χ2n) is 10.5. The first-order valence-corrected chi connectivity index (χ1v) is 15.2. The van der Waals surface area contributed by atoms with Crippen LogP contribution < -0.4 is 5.01 Å². The summed E-state index contributed by atoms with van der Waals surface area (Å²) in [6, 6.07) is 25.9. The van der Waals surface area contributed by atoms with Crippen LogP contribution in [0.4, 0.5) is 5.69 Å². The van der Waals surface area contributed by atoms with Gasteiger partial charge in [-0.25, -0.2) is 13.1 Å². The number of carbonyl (C=O) groups excluding carboxylic acids is 1. The van der Waals surface area contributed by atoms with Crippen LogP contribution in [-0.4, -0.2) is 47.2 Å². The summed E-state index contributed by atoms with van der Waals surface area (Å²) >= 11 is 0. The Morgan fingerprint density at radius 2 is 1.54 bits per heavy atom. The summed E-state index contributed by atoms with van der Waals surface area (Å²) in [5, 5.41) is 10.8. The summed E-state index contributed by atoms with van der Waals surface area (Å²) in [5.41, 5.74) is 4.48. The van der Waals surface area contributed by atoms with Crippen molar-refractivity contribution in [3.63, 3.8) is 0 Å². The molecule has 0 atom stereocenters. The van der Waals surface area contributed by atoms with E-state index in [1.807, 2.05) is 72.9 Å². The summed E-state index contributed by atoms with van der Waals surface area (Å²) in [6.45, 7) is 5.00. The summed E-state index contributed by atoms with van der Waals surface area (Å²) in [5.74, 6) is 0.288. The molecule has 4 aromatic rings. The lowest BCUT2D eigenvalue weighted by molar-refractivity contribution is -0.114. The Hall–Kier alpha value is -4.34. The number of anilines is 1. The summed E-state index contributed by atoms with van der Waals surface area (Å²) in [4.78, 5) is 13.7. The maximum absolute atomic E-state index is 13.5. The van der Waals surface area contributed by atoms with E-state index in [2.05, 4.69) is 12.0 Å². The Morgan fingerprint density at radius 1 is 0.878 bits per heavy atom. The van der Waals surface area contributed by atoms with Gasteiger partial charge < -0.3 is 0 Å². The minimum absolute atomic E-state index is 0.234. The average Bonchev–Trinajstić information content (AvgIpc) is 3.55. The molecule has 0 radical (unpaired) electrons. The minimum Gasteiger partial charge on any atom is -0.267 e. The molecule has 3 aromatic carbocycles. The van der Waals surface area contributed by atoms with Crippen molar-refractivity contribution in [1.82, 2.24) is 14.1 Å². The van der Waals surface area contributed by atoms with E-state index in [1.54, 1.807) is 40.2 Å². The third kappa shape index (κ3) is 5.26. The molecule has 8 nitrogen and oxygen atoms in total. The fraction of sp³-hybridized carbons (Fsp3) is 0.219. The predicted molar refractivity (Wildman–Crippen MR) is 161 cm³/mol. The van der Waals surface area contributed by atoms with Gasteiger partial charge in [0.2, 0.25) is 10.0 Å². The highest BCUT2D eigenvalue weighted by Crippen LogP contribution is 2.32. The number of piperidine rings is 1. The SMILES string of the molecule is CC1=NN(c2ccccc2)C(=O)C1=Cc1cn(-c2ccccc2)nc1-c1cccc(S(=O)(=O)N2CCC(C)CC2)c1. The van der Waals surface area contributed by atoms with Gasteiger partial charge in [-0.3, -0.25) is 4.79 Å². The molecule has 0 saturated carbocycles. The first kappa shape index (κ1) is 26.9. The maximum atomic E-state index is 13.5. The van der Waals surface area contributed by atoms with Crippen molar-refractivity contribution in [2.75, 3.05) is 18.1 Å². The molecule has 0 N–H and O–H groups in total. The quantitative estimate of drug-likeness (QED) is 0.278. The number of sulfonamides is 1. The van der Waals surface area contributed by atoms with Gasteiger partial charge in [-0.15, -0.1) is 0 Å². The molecule has 1 fully saturated rings. The van der Waals surface area contributed by atoms with E-state index in [0.29, 0.717) is 52.8 Å². The molecular weight excluding hydrogens is 534 g/mol. The number of hydrogen-bond donors (Lipinski definition) is 0. The summed E-state index contributed by atoms with van der Waals surface area (Å²) < 4.78 is 30.4. The molecule has 1 amide bonds. The van der Waals surface area contributed by atoms with Crippen LogP contribution in [0.1, 0.15) is 32.3 Å². The van der Waals surface area contributed by atoms with Gasteiger partial charge in [-0.05, 0) is 68.2 Å². The Balaban J connectivity index is 1.42. The number of rotatable bonds is 6. The lowest BCUT2D eigenvalue weighted by Crippen LogP contribution is -2.37. The zero-order valence-corrected chi connectivity index (χ0v) is 23.8. The fourth-order valence-electron chi connectivity index (χ4n) is 5.19. The number of amides is 1. The molecular formula is C32H31N5O3S. The number of para-hydroxylation sites is 2. The molecule has 0 spiro atoms. The van der Waals surface area contributed by atoms with Crippen molar-refractivity contribution in [2.24, 2.45) is 11.0 Å². The molecule has 3 heterocycles. The number of carbonyl (C=O) groups is 1. The number of hydrazone groups is 1. The second kappa shape index (κ2) is 10.9. The Morgan fingerprint density at radius 3 is 2.22 bits per heavy atom. The smallest absolute Gasteiger partial charge is 0.267 e. The zero-order valence-electron chi connectivity index (χ0n) is 23.0. The topological polar surface area (TPSA) is 87.9 Å². The second-order valence-corrected chi connectivity index (χ2v) is 12.5. The van der Waals surface area contributed by atoms with Crippen molar-refractivity contribution in [2.45, 2.75) is 31.6 Å². The van der Waals surface area contributed by atoms with Gasteiger partial charge in [0.05, 0.1) is 27.6 Å². The van der Waals surface area contributed by atoms with E-state index < -0.39 is 10.0 Å². The first-order valence-electron chi connectivity index (χ1n) is 13.7. The number of nitrogens with zero attached hydrogens (tertiary/aromatic N) is 5. The predicted octanol–water partition coefficient (Wildman–Crippen LogP) is 5.77. The molecule has 1 saturated heterocycles. The summed E-state index contributed by atoms with van der Waals surface area (Å²) in [6.07, 6.45) is 5.36. The molecule has 41 heavy (non-hydrogen) atoms. The largest absolute Gasteiger partial charge is 0.280 e.